The number of nitrogens with zero attached hydrogens (tertiary/aromatic N) is 2. The molecule has 0 bridgehead atoms. The van der Waals surface area contributed by atoms with Gasteiger partial charge in [-0.3, -0.25) is 0 Å². The van der Waals surface area contributed by atoms with Crippen LogP contribution in [-0.2, 0) is 6.42 Å². The third-order valence-corrected chi connectivity index (χ3v) is 3.00. The molecule has 0 unspecified atom stereocenters. The predicted octanol–water partition coefficient (Wildman–Crippen LogP) is 4.44. The molecular weight excluding hydrogens is 263 g/mol. The monoisotopic (exact) mass is 278 g/mol. The van der Waals surface area contributed by atoms with E-state index in [-0.39, 0.29) is 5.82 Å². The minimum atomic E-state index is -0.297. The molecule has 1 heterocycles. The zero-order chi connectivity index (χ0) is 14.0. The predicted molar refractivity (Wildman–Crippen MR) is 75.7 cm³/mol. The van der Waals surface area contributed by atoms with Gasteiger partial charge in [0.15, 0.2) is 5.82 Å². The van der Waals surface area contributed by atoms with Crippen LogP contribution in [0.5, 0.6) is 0 Å². The van der Waals surface area contributed by atoms with Crippen LogP contribution in [0.4, 0.5) is 4.39 Å². The maximum absolute atomic E-state index is 13.4. The largest absolute Gasteiger partial charge is 0.233 e. The number of hydrogen-bond acceptors (Lipinski definition) is 2. The van der Waals surface area contributed by atoms with Gasteiger partial charge in [-0.05, 0) is 43.0 Å². The van der Waals surface area contributed by atoms with E-state index in [1.165, 1.54) is 12.1 Å². The van der Waals surface area contributed by atoms with Crippen molar-refractivity contribution in [3.05, 3.63) is 46.5 Å². The fourth-order valence-electron chi connectivity index (χ4n) is 1.94. The number of hydrogen-bond donors (Lipinski definition) is 0. The molecule has 0 fully saturated rings. The molecule has 0 aliphatic heterocycles. The van der Waals surface area contributed by atoms with Crippen LogP contribution < -0.4 is 0 Å². The number of rotatable bonds is 3. The molecule has 4 heteroatoms. The van der Waals surface area contributed by atoms with Crippen LogP contribution in [0.3, 0.4) is 0 Å². The van der Waals surface area contributed by atoms with Crippen LogP contribution >= 0.6 is 11.6 Å². The summed E-state index contributed by atoms with van der Waals surface area (Å²) in [5.41, 5.74) is 2.50. The second kappa shape index (κ2) is 5.66. The van der Waals surface area contributed by atoms with Gasteiger partial charge in [0.25, 0.3) is 0 Å². The molecule has 2 aromatic rings. The molecular formula is C15H16ClFN2. The van der Waals surface area contributed by atoms with Crippen molar-refractivity contribution in [3.8, 4) is 11.4 Å². The number of benzene rings is 1. The molecule has 0 spiro atoms. The van der Waals surface area contributed by atoms with Crippen molar-refractivity contribution in [2.24, 2.45) is 5.92 Å². The molecule has 1 aromatic heterocycles. The third-order valence-electron chi connectivity index (χ3n) is 2.81. The maximum atomic E-state index is 13.4. The zero-order valence-corrected chi connectivity index (χ0v) is 12.0. The number of aryl methyl sites for hydroxylation is 1. The topological polar surface area (TPSA) is 25.8 Å². The van der Waals surface area contributed by atoms with Gasteiger partial charge in [0.2, 0.25) is 0 Å². The number of halogens is 2. The van der Waals surface area contributed by atoms with Crippen LogP contribution in [0.25, 0.3) is 11.4 Å². The normalized spacial score (nSPS) is 11.1. The summed E-state index contributed by atoms with van der Waals surface area (Å²) in [7, 11) is 0. The third kappa shape index (κ3) is 3.51. The van der Waals surface area contributed by atoms with Gasteiger partial charge in [-0.25, -0.2) is 14.4 Å². The van der Waals surface area contributed by atoms with E-state index >= 15 is 0 Å². The summed E-state index contributed by atoms with van der Waals surface area (Å²) >= 11 is 6.03. The van der Waals surface area contributed by atoms with E-state index in [9.17, 15) is 4.39 Å². The Kier molecular flexibility index (Phi) is 4.15. The Morgan fingerprint density at radius 2 is 1.95 bits per heavy atom. The Balaban J connectivity index is 2.49. The molecule has 0 radical (unpaired) electrons. The average molecular weight is 279 g/mol. The highest BCUT2D eigenvalue weighted by atomic mass is 35.5. The highest BCUT2D eigenvalue weighted by Crippen LogP contribution is 2.23. The zero-order valence-electron chi connectivity index (χ0n) is 11.2. The minimum Gasteiger partial charge on any atom is -0.233 e. The molecule has 0 saturated heterocycles. The van der Waals surface area contributed by atoms with Crippen molar-refractivity contribution in [2.45, 2.75) is 27.2 Å². The van der Waals surface area contributed by atoms with E-state index in [2.05, 4.69) is 23.8 Å². The van der Waals surface area contributed by atoms with E-state index in [1.807, 2.05) is 6.92 Å². The van der Waals surface area contributed by atoms with Gasteiger partial charge in [-0.15, -0.1) is 0 Å². The van der Waals surface area contributed by atoms with Crippen molar-refractivity contribution in [2.75, 3.05) is 0 Å². The molecule has 0 amide bonds. The van der Waals surface area contributed by atoms with E-state index in [0.29, 0.717) is 22.5 Å². The van der Waals surface area contributed by atoms with Crippen LogP contribution in [-0.4, -0.2) is 9.97 Å². The van der Waals surface area contributed by atoms with Gasteiger partial charge < -0.3 is 0 Å². The van der Waals surface area contributed by atoms with E-state index in [0.717, 1.165) is 17.7 Å². The SMILES string of the molecule is Cc1ccc(F)cc1-c1nc(Cl)cc(CC(C)C)n1. The van der Waals surface area contributed by atoms with E-state index in [4.69, 9.17) is 11.6 Å². The Labute approximate surface area is 117 Å². The van der Waals surface area contributed by atoms with E-state index < -0.39 is 0 Å². The van der Waals surface area contributed by atoms with Gasteiger partial charge in [-0.2, -0.15) is 0 Å². The van der Waals surface area contributed by atoms with Crippen molar-refractivity contribution in [3.63, 3.8) is 0 Å². The first-order valence-electron chi connectivity index (χ1n) is 6.25. The maximum Gasteiger partial charge on any atom is 0.161 e. The summed E-state index contributed by atoms with van der Waals surface area (Å²) in [5.74, 6) is 0.669. The minimum absolute atomic E-state index is 0.297. The first kappa shape index (κ1) is 13.9. The Hall–Kier alpha value is -1.48. The molecule has 2 nitrogen and oxygen atoms in total. The lowest BCUT2D eigenvalue weighted by atomic mass is 10.1. The van der Waals surface area contributed by atoms with Gasteiger partial charge in [0.1, 0.15) is 11.0 Å². The summed E-state index contributed by atoms with van der Waals surface area (Å²) in [6, 6.07) is 6.36. The fourth-order valence-corrected chi connectivity index (χ4v) is 2.15. The van der Waals surface area contributed by atoms with Crippen LogP contribution in [0, 0.1) is 18.7 Å². The van der Waals surface area contributed by atoms with E-state index in [1.54, 1.807) is 12.1 Å². The second-order valence-corrected chi connectivity index (χ2v) is 5.45. The molecule has 0 atom stereocenters. The molecule has 0 aliphatic carbocycles. The molecule has 0 aliphatic rings. The number of aromatic nitrogens is 2. The first-order valence-corrected chi connectivity index (χ1v) is 6.63. The van der Waals surface area contributed by atoms with Gasteiger partial charge in [-0.1, -0.05) is 31.5 Å². The van der Waals surface area contributed by atoms with Gasteiger partial charge in [0, 0.05) is 11.3 Å². The van der Waals surface area contributed by atoms with Crippen molar-refractivity contribution < 1.29 is 4.39 Å². The Bertz CT molecular complexity index is 597. The van der Waals surface area contributed by atoms with Gasteiger partial charge >= 0.3 is 0 Å². The Morgan fingerprint density at radius 1 is 1.21 bits per heavy atom. The van der Waals surface area contributed by atoms with Crippen molar-refractivity contribution >= 4 is 11.6 Å². The second-order valence-electron chi connectivity index (χ2n) is 5.06. The quantitative estimate of drug-likeness (QED) is 0.776. The first-order chi connectivity index (χ1) is 8.95. The Morgan fingerprint density at radius 3 is 2.63 bits per heavy atom. The highest BCUT2D eigenvalue weighted by molar-refractivity contribution is 6.29. The average Bonchev–Trinajstić information content (AvgIpc) is 2.30. The summed E-state index contributed by atoms with van der Waals surface area (Å²) in [6.07, 6.45) is 0.823. The van der Waals surface area contributed by atoms with Crippen LogP contribution in [0.15, 0.2) is 24.3 Å². The van der Waals surface area contributed by atoms with Crippen molar-refractivity contribution in [1.82, 2.24) is 9.97 Å². The summed E-state index contributed by atoms with van der Waals surface area (Å²) in [6.45, 7) is 6.13. The molecule has 100 valence electrons. The lowest BCUT2D eigenvalue weighted by Crippen LogP contribution is -2.01. The van der Waals surface area contributed by atoms with Crippen LogP contribution in [0.1, 0.15) is 25.1 Å². The molecule has 0 saturated carbocycles. The summed E-state index contributed by atoms with van der Waals surface area (Å²) in [5, 5.41) is 0.393. The molecule has 1 aromatic carbocycles. The molecule has 2 rings (SSSR count). The lowest BCUT2D eigenvalue weighted by Gasteiger charge is -2.09. The van der Waals surface area contributed by atoms with Crippen molar-refractivity contribution in [1.29, 1.82) is 0 Å². The summed E-state index contributed by atoms with van der Waals surface area (Å²) in [4.78, 5) is 8.68. The highest BCUT2D eigenvalue weighted by Gasteiger charge is 2.10. The lowest BCUT2D eigenvalue weighted by molar-refractivity contribution is 0.627. The van der Waals surface area contributed by atoms with Crippen LogP contribution in [0.2, 0.25) is 5.15 Å². The summed E-state index contributed by atoms with van der Waals surface area (Å²) < 4.78 is 13.4. The molecule has 0 N–H and O–H groups in total. The van der Waals surface area contributed by atoms with Gasteiger partial charge in [0.05, 0.1) is 0 Å². The fraction of sp³-hybridized carbons (Fsp3) is 0.333. The standard InChI is InChI=1S/C15H16ClFN2/c1-9(2)6-12-8-14(16)19-15(18-12)13-7-11(17)5-4-10(13)3/h4-5,7-9H,6H2,1-3H3. The molecule has 19 heavy (non-hydrogen) atoms. The smallest absolute Gasteiger partial charge is 0.161 e.